The van der Waals surface area contributed by atoms with Gasteiger partial charge in [0.25, 0.3) is 0 Å². The summed E-state index contributed by atoms with van der Waals surface area (Å²) in [5.41, 5.74) is 22.3. The molecule has 113 heavy (non-hydrogen) atoms. The first-order chi connectivity index (χ1) is 57.3. The molecule has 0 saturated carbocycles. The van der Waals surface area contributed by atoms with Gasteiger partial charge in [0.1, 0.15) is 39.0 Å². The average Bonchev–Trinajstić information content (AvgIpc) is 1.70. The number of rotatable bonds is 8. The van der Waals surface area contributed by atoms with Crippen molar-refractivity contribution in [1.82, 2.24) is 39.2 Å². The first-order valence-electron chi connectivity index (χ1n) is 40.8. The number of hydrogen-bond donors (Lipinski definition) is 0. The monoisotopic (exact) mass is 1480 g/mol. The zero-order valence-electron chi connectivity index (χ0n) is 70.9. The van der Waals surface area contributed by atoms with Crippen LogP contribution in [-0.4, -0.2) is 94.8 Å². The van der Waals surface area contributed by atoms with Crippen molar-refractivity contribution in [2.75, 3.05) is 28.2 Å². The van der Waals surface area contributed by atoms with E-state index in [1.807, 2.05) is 173 Å². The van der Waals surface area contributed by atoms with Gasteiger partial charge in [0.15, 0.2) is 58.0 Å². The summed E-state index contributed by atoms with van der Waals surface area (Å²) < 4.78 is 80.6. The van der Waals surface area contributed by atoms with Crippen LogP contribution in [0.5, 0.6) is 0 Å². The van der Waals surface area contributed by atoms with Gasteiger partial charge in [-0.3, -0.25) is 0 Å². The minimum atomic E-state index is -2.22. The lowest BCUT2D eigenvalue weighted by Crippen LogP contribution is -2.61. The summed E-state index contributed by atoms with van der Waals surface area (Å²) >= 11 is 0. The summed E-state index contributed by atoms with van der Waals surface area (Å²) in [6.07, 6.45) is 19.6. The van der Waals surface area contributed by atoms with Crippen molar-refractivity contribution in [2.45, 2.75) is 34.5 Å². The summed E-state index contributed by atoms with van der Waals surface area (Å²) in [6, 6.07) is 67.1. The highest BCUT2D eigenvalue weighted by molar-refractivity contribution is 6.84. The molecule has 0 unspecified atom stereocenters. The number of furan rings is 4. The van der Waals surface area contributed by atoms with Crippen LogP contribution in [0.4, 0.5) is 0 Å². The van der Waals surface area contributed by atoms with Crippen LogP contribution in [0.25, 0.3) is 138 Å². The quantitative estimate of drug-likeness (QED) is 0.123. The van der Waals surface area contributed by atoms with Crippen LogP contribution < -0.4 is 83.2 Å². The van der Waals surface area contributed by atoms with Crippen LogP contribution in [-0.2, 0) is 28.2 Å². The first kappa shape index (κ1) is 65.5. The highest BCUT2D eigenvalue weighted by Gasteiger charge is 2.36. The molecular formula is C93H86B4N12O4+4. The fraction of sp³-hybridized carbons (Fsp3) is 0.140. The van der Waals surface area contributed by atoms with Crippen molar-refractivity contribution in [3.05, 3.63) is 308 Å². The lowest BCUT2D eigenvalue weighted by Gasteiger charge is -2.21. The lowest BCUT2D eigenvalue weighted by atomic mass is 9.55. The van der Waals surface area contributed by atoms with E-state index in [0.29, 0.717) is 39.5 Å². The van der Waals surface area contributed by atoms with Crippen molar-refractivity contribution in [3.8, 4) is 44.5 Å². The van der Waals surface area contributed by atoms with Crippen LogP contribution >= 0.6 is 0 Å². The highest BCUT2D eigenvalue weighted by Crippen LogP contribution is 2.26. The van der Waals surface area contributed by atoms with E-state index in [1.54, 1.807) is 24.8 Å². The molecule has 0 saturated heterocycles. The van der Waals surface area contributed by atoms with Crippen molar-refractivity contribution in [1.29, 1.82) is 0 Å². The summed E-state index contributed by atoms with van der Waals surface area (Å²) in [4.78, 5) is 26.4. The second-order valence-electron chi connectivity index (χ2n) is 29.6. The molecule has 4 aromatic carbocycles. The van der Waals surface area contributed by atoms with E-state index < -0.39 is 13.7 Å². The van der Waals surface area contributed by atoms with E-state index in [2.05, 4.69) is 223 Å². The van der Waals surface area contributed by atoms with Gasteiger partial charge in [-0.1, -0.05) is 133 Å². The van der Waals surface area contributed by atoms with Crippen LogP contribution in [0.15, 0.2) is 255 Å². The van der Waals surface area contributed by atoms with Gasteiger partial charge in [-0.05, 0) is 180 Å². The molecule has 0 N–H and O–H groups in total. The Morgan fingerprint density at radius 2 is 0.708 bits per heavy atom. The normalized spacial score (nSPS) is 14.3. The molecule has 0 fully saturated rings. The fourth-order valence-electron chi connectivity index (χ4n) is 15.9. The standard InChI is InChI=1S/C24H23BN3O.3C23H21BN3O/c1-16-14-27(3)23(12-20(16)18-8-6-5-7-9-18)25-13-22-21(15-28(25)4)19-11-10-17(2)26-24(19)29-22;1-16-14-26(2)22(12-19(16)17-8-5-4-6-9-17)24-13-20-18-10-7-11-25-23(18)28-21(20)15-27(24)3;1-16-12-22(26(2)14-20(16)17-8-5-4-6-9-17)24-13-19-18-10-7-11-25-23(18)28-21(19)15-27(24)3;1-16-9-10-19-20-15-27(3)24(14-21(20)28-23(19)25-16)22-13-18(11-12-26(22)2)17-7-5-4-6-8-17/h5-15H,1-4H3;3*4-15H,1-3H3/q4*+1/i2*1D3;;. The van der Waals surface area contributed by atoms with E-state index in [0.717, 1.165) is 103 Å². The average molecular weight is 1490 g/mol. The summed E-state index contributed by atoms with van der Waals surface area (Å²) in [5.74, 6) is 8.70. The predicted octanol–water partition coefficient (Wildman–Crippen LogP) is 6.43. The minimum Gasteiger partial charge on any atom is -0.439 e. The molecule has 0 bridgehead atoms. The van der Waals surface area contributed by atoms with Gasteiger partial charge in [0.2, 0.25) is 22.9 Å². The molecular weight excluding hydrogens is 1390 g/mol. The molecule has 16 nitrogen and oxygen atoms in total. The largest absolute Gasteiger partial charge is 0.439 e. The van der Waals surface area contributed by atoms with Gasteiger partial charge in [0, 0.05) is 134 Å². The molecule has 12 aromatic heterocycles. The second kappa shape index (κ2) is 30.2. The zero-order valence-corrected chi connectivity index (χ0v) is 64.9. The van der Waals surface area contributed by atoms with Crippen LogP contribution in [0, 0.1) is 34.5 Å². The number of fused-ring (bicyclic) bond motifs is 12. The molecule has 20 rings (SSSR count). The van der Waals surface area contributed by atoms with Crippen molar-refractivity contribution in [3.63, 3.8) is 0 Å². The molecule has 0 atom stereocenters. The van der Waals surface area contributed by atoms with Crippen LogP contribution in [0.3, 0.4) is 0 Å². The van der Waals surface area contributed by atoms with E-state index in [4.69, 9.17) is 25.9 Å². The Labute approximate surface area is 666 Å². The van der Waals surface area contributed by atoms with E-state index >= 15 is 0 Å². The third-order valence-corrected chi connectivity index (χ3v) is 21.8. The van der Waals surface area contributed by atoms with Crippen molar-refractivity contribution in [2.24, 2.45) is 28.2 Å². The Morgan fingerprint density at radius 1 is 0.327 bits per heavy atom. The molecule has 4 aliphatic rings. The van der Waals surface area contributed by atoms with Gasteiger partial charge in [-0.25, -0.2) is 38.2 Å². The third-order valence-electron chi connectivity index (χ3n) is 21.8. The van der Waals surface area contributed by atoms with Crippen LogP contribution in [0.1, 0.15) is 36.3 Å². The summed E-state index contributed by atoms with van der Waals surface area (Å²) in [7, 11) is 16.2. The molecule has 16 heterocycles. The summed E-state index contributed by atoms with van der Waals surface area (Å²) in [6.45, 7) is 1.68. The Hall–Kier alpha value is -13.3. The smallest absolute Gasteiger partial charge is 0.399 e. The topological polar surface area (TPSA) is 133 Å². The second-order valence-corrected chi connectivity index (χ2v) is 29.6. The molecule has 4 aliphatic heterocycles. The number of pyridine rings is 8. The van der Waals surface area contributed by atoms with Gasteiger partial charge < -0.3 is 36.9 Å². The van der Waals surface area contributed by atoms with Gasteiger partial charge in [-0.2, -0.15) is 0 Å². The van der Waals surface area contributed by atoms with Crippen molar-refractivity contribution >= 4 is 143 Å². The highest BCUT2D eigenvalue weighted by atomic mass is 16.3. The maximum atomic E-state index is 8.06. The molecule has 0 spiro atoms. The fourth-order valence-corrected chi connectivity index (χ4v) is 15.9. The Morgan fingerprint density at radius 3 is 1.16 bits per heavy atom. The Balaban J connectivity index is 0.000000114. The molecule has 550 valence electrons. The van der Waals surface area contributed by atoms with Gasteiger partial charge >= 0.3 is 27.4 Å². The third kappa shape index (κ3) is 14.1. The maximum Gasteiger partial charge on any atom is 0.399 e. The number of hydrogen-bond acceptors (Lipinski definition) is 12. The number of nitrogens with zero attached hydrogens (tertiary/aromatic N) is 12. The predicted molar refractivity (Wildman–Crippen MR) is 457 cm³/mol. The molecule has 0 radical (unpaired) electrons. The summed E-state index contributed by atoms with van der Waals surface area (Å²) in [5, 5.41) is 8.32. The van der Waals surface area contributed by atoms with E-state index in [9.17, 15) is 0 Å². The van der Waals surface area contributed by atoms with Gasteiger partial charge in [0.05, 0.1) is 0 Å². The van der Waals surface area contributed by atoms with Gasteiger partial charge in [-0.15, -0.1) is 0 Å². The number of benzene rings is 4. The number of aromatic nitrogens is 8. The SMILES string of the molecule is Cc1cc(B2C=c3c(oc4ncccc34)=CN2C)[n+](C)cc1-c1ccccc1.Cc1ccc2c3c(oc2n1)=CB(c1cc(-c2ccccc2)cc[n+]1C)N(C)C=3.[2H]C([2H])([2H])c1c[n+](C)c(B2C=c3c(oc4ncccc34)=CN2C)cc1-c1ccccc1.[2H]C([2H])([2H])c1c[n+](C)c(B2C=c3oc4nc(C)ccc4c3=CN2C)cc1-c1ccccc1. The number of aryl methyl sites for hydroxylation is 9. The maximum absolute atomic E-state index is 8.06. The molecule has 0 aliphatic carbocycles. The van der Waals surface area contributed by atoms with E-state index in [-0.39, 0.29) is 27.4 Å². The zero-order chi connectivity index (χ0) is 82.9. The van der Waals surface area contributed by atoms with Crippen LogP contribution in [0.2, 0.25) is 0 Å². The Kier molecular flexibility index (Phi) is 17.5. The lowest BCUT2D eigenvalue weighted by molar-refractivity contribution is -0.654. The molecule has 20 heteroatoms. The van der Waals surface area contributed by atoms with Crippen molar-refractivity contribution < 1.29 is 44.2 Å². The Bertz CT molecular complexity index is 7220. The molecule has 0 amide bonds. The van der Waals surface area contributed by atoms with E-state index in [1.165, 1.54) is 39.0 Å². The minimum absolute atomic E-state index is 0.0859. The first-order valence-corrected chi connectivity index (χ1v) is 37.8. The molecule has 16 aromatic rings.